The van der Waals surface area contributed by atoms with Crippen LogP contribution in [0.2, 0.25) is 0 Å². The molecular formula is C12H16N2O3S. The van der Waals surface area contributed by atoms with Gasteiger partial charge in [0.05, 0.1) is 12.6 Å². The van der Waals surface area contributed by atoms with Gasteiger partial charge in [0.15, 0.2) is 5.69 Å². The molecule has 0 bridgehead atoms. The topological polar surface area (TPSA) is 68.3 Å². The zero-order valence-corrected chi connectivity index (χ0v) is 11.3. The second-order valence-electron chi connectivity index (χ2n) is 4.30. The molecule has 0 aliphatic carbocycles. The summed E-state index contributed by atoms with van der Waals surface area (Å²) in [6.45, 7) is 4.41. The number of hydrogen-bond acceptors (Lipinski definition) is 6. The maximum atomic E-state index is 11.5. The van der Waals surface area contributed by atoms with E-state index in [4.69, 9.17) is 4.74 Å². The fourth-order valence-corrected chi connectivity index (χ4v) is 2.86. The highest BCUT2D eigenvalue weighted by Gasteiger charge is 2.30. The van der Waals surface area contributed by atoms with Crippen molar-refractivity contribution < 1.29 is 14.3 Å². The number of hydrogen-bond donors (Lipinski definition) is 1. The number of rotatable bonds is 4. The molecule has 18 heavy (non-hydrogen) atoms. The molecule has 1 saturated heterocycles. The van der Waals surface area contributed by atoms with Gasteiger partial charge in [-0.25, -0.2) is 9.78 Å². The number of ketones is 1. The Morgan fingerprint density at radius 3 is 3.00 bits per heavy atom. The third-order valence-corrected chi connectivity index (χ3v) is 3.97. The Bertz CT molecular complexity index is 458. The van der Waals surface area contributed by atoms with Gasteiger partial charge in [-0.05, 0) is 20.3 Å². The second kappa shape index (κ2) is 5.58. The first-order valence-corrected chi connectivity index (χ1v) is 6.86. The minimum absolute atomic E-state index is 0.0601. The first kappa shape index (κ1) is 13.2. The summed E-state index contributed by atoms with van der Waals surface area (Å²) in [5.74, 6) is -0.127. The monoisotopic (exact) mass is 268 g/mol. The average Bonchev–Trinajstić information content (AvgIpc) is 2.98. The highest BCUT2D eigenvalue weighted by Crippen LogP contribution is 2.29. The maximum Gasteiger partial charge on any atom is 0.357 e. The number of nitrogens with one attached hydrogen (secondary N) is 1. The molecule has 6 heteroatoms. The van der Waals surface area contributed by atoms with Gasteiger partial charge in [-0.3, -0.25) is 4.79 Å². The SMILES string of the molecule is CCOC(=O)c1csc(C2C[C@H](C(C)=O)CN2)n1. The molecule has 98 valence electrons. The number of ether oxygens (including phenoxy) is 1. The second-order valence-corrected chi connectivity index (χ2v) is 5.19. The van der Waals surface area contributed by atoms with Crippen LogP contribution in [0.4, 0.5) is 0 Å². The summed E-state index contributed by atoms with van der Waals surface area (Å²) in [4.78, 5) is 27.1. The van der Waals surface area contributed by atoms with E-state index in [1.54, 1.807) is 19.2 Å². The predicted octanol–water partition coefficient (Wildman–Crippen LogP) is 1.56. The van der Waals surface area contributed by atoms with Crippen LogP contribution in [0.25, 0.3) is 0 Å². The molecule has 1 aromatic rings. The number of carbonyl (C=O) groups is 2. The van der Waals surface area contributed by atoms with Crippen molar-refractivity contribution in [1.29, 1.82) is 0 Å². The van der Waals surface area contributed by atoms with Gasteiger partial charge in [-0.15, -0.1) is 11.3 Å². The number of Topliss-reactive ketones (excluding diaryl/α,β-unsaturated/α-hetero) is 1. The fourth-order valence-electron chi connectivity index (χ4n) is 1.98. The molecule has 0 aromatic carbocycles. The molecule has 2 heterocycles. The fraction of sp³-hybridized carbons (Fsp3) is 0.583. The van der Waals surface area contributed by atoms with E-state index >= 15 is 0 Å². The lowest BCUT2D eigenvalue weighted by Gasteiger charge is -2.05. The van der Waals surface area contributed by atoms with E-state index in [1.807, 2.05) is 0 Å². The Hall–Kier alpha value is -1.27. The lowest BCUT2D eigenvalue weighted by molar-refractivity contribution is -0.120. The van der Waals surface area contributed by atoms with Crippen molar-refractivity contribution in [1.82, 2.24) is 10.3 Å². The third-order valence-electron chi connectivity index (χ3n) is 3.01. The van der Waals surface area contributed by atoms with Gasteiger partial charge in [0, 0.05) is 17.8 Å². The molecule has 1 aromatic heterocycles. The predicted molar refractivity (Wildman–Crippen MR) is 67.6 cm³/mol. The summed E-state index contributed by atoms with van der Waals surface area (Å²) >= 11 is 1.43. The van der Waals surface area contributed by atoms with Gasteiger partial charge in [0.25, 0.3) is 0 Å². The van der Waals surface area contributed by atoms with Crippen LogP contribution in [0.3, 0.4) is 0 Å². The molecule has 5 nitrogen and oxygen atoms in total. The van der Waals surface area contributed by atoms with E-state index in [9.17, 15) is 9.59 Å². The Morgan fingerprint density at radius 1 is 1.61 bits per heavy atom. The van der Waals surface area contributed by atoms with Gasteiger partial charge in [-0.2, -0.15) is 0 Å². The zero-order valence-electron chi connectivity index (χ0n) is 10.4. The van der Waals surface area contributed by atoms with Gasteiger partial charge < -0.3 is 10.1 Å². The number of carbonyl (C=O) groups excluding carboxylic acids is 2. The van der Waals surface area contributed by atoms with Gasteiger partial charge in [0.1, 0.15) is 10.8 Å². The molecule has 2 rings (SSSR count). The van der Waals surface area contributed by atoms with Gasteiger partial charge in [-0.1, -0.05) is 0 Å². The number of thiazole rings is 1. The maximum absolute atomic E-state index is 11.5. The Labute approximate surface area is 110 Å². The standard InChI is InChI=1S/C12H16N2O3S/c1-3-17-12(16)10-6-18-11(14-10)9-4-8(5-13-9)7(2)15/h6,8-9,13H,3-5H2,1-2H3/t8-,9?/m0/s1. The van der Waals surface area contributed by atoms with Gasteiger partial charge in [0.2, 0.25) is 0 Å². The molecule has 1 N–H and O–H groups in total. The summed E-state index contributed by atoms with van der Waals surface area (Å²) in [5, 5.41) is 5.82. The number of nitrogens with zero attached hydrogens (tertiary/aromatic N) is 1. The van der Waals surface area contributed by atoms with Crippen molar-refractivity contribution in [2.24, 2.45) is 5.92 Å². The smallest absolute Gasteiger partial charge is 0.357 e. The van der Waals surface area contributed by atoms with Crippen LogP contribution in [0.5, 0.6) is 0 Å². The van der Waals surface area contributed by atoms with Crippen LogP contribution >= 0.6 is 11.3 Å². The summed E-state index contributed by atoms with van der Waals surface area (Å²) < 4.78 is 4.89. The highest BCUT2D eigenvalue weighted by molar-refractivity contribution is 7.09. The van der Waals surface area contributed by atoms with Crippen molar-refractivity contribution >= 4 is 23.1 Å². The van der Waals surface area contributed by atoms with E-state index in [0.29, 0.717) is 18.8 Å². The van der Waals surface area contributed by atoms with Gasteiger partial charge >= 0.3 is 5.97 Å². The molecule has 0 radical (unpaired) electrons. The van der Waals surface area contributed by atoms with Crippen LogP contribution in [-0.2, 0) is 9.53 Å². The summed E-state index contributed by atoms with van der Waals surface area (Å²) in [7, 11) is 0. The molecule has 1 aliphatic rings. The molecule has 1 unspecified atom stereocenters. The van der Waals surface area contributed by atoms with Crippen LogP contribution in [-0.4, -0.2) is 29.9 Å². The molecule has 2 atom stereocenters. The van der Waals surface area contributed by atoms with Crippen LogP contribution in [0.15, 0.2) is 5.38 Å². The van der Waals surface area contributed by atoms with Crippen molar-refractivity contribution in [3.63, 3.8) is 0 Å². The van der Waals surface area contributed by atoms with Crippen LogP contribution in [0.1, 0.15) is 41.8 Å². The third kappa shape index (κ3) is 2.76. The number of aromatic nitrogens is 1. The first-order valence-electron chi connectivity index (χ1n) is 5.98. The van der Waals surface area contributed by atoms with E-state index in [-0.39, 0.29) is 23.7 Å². The van der Waals surface area contributed by atoms with E-state index in [2.05, 4.69) is 10.3 Å². The van der Waals surface area contributed by atoms with Crippen LogP contribution < -0.4 is 5.32 Å². The molecule has 0 saturated carbocycles. The molecule has 1 aliphatic heterocycles. The van der Waals surface area contributed by atoms with Crippen molar-refractivity contribution in [3.05, 3.63) is 16.1 Å². The molecule has 1 fully saturated rings. The largest absolute Gasteiger partial charge is 0.461 e. The quantitative estimate of drug-likeness (QED) is 0.839. The average molecular weight is 268 g/mol. The number of esters is 1. The Balaban J connectivity index is 2.03. The lowest BCUT2D eigenvalue weighted by atomic mass is 10.0. The van der Waals surface area contributed by atoms with Crippen molar-refractivity contribution in [2.45, 2.75) is 26.3 Å². The van der Waals surface area contributed by atoms with E-state index in [1.165, 1.54) is 11.3 Å². The molecule has 0 spiro atoms. The zero-order chi connectivity index (χ0) is 13.1. The first-order chi connectivity index (χ1) is 8.61. The van der Waals surface area contributed by atoms with Crippen molar-refractivity contribution in [2.75, 3.05) is 13.2 Å². The minimum atomic E-state index is -0.388. The summed E-state index contributed by atoms with van der Waals surface area (Å²) in [6, 6.07) is 0.0760. The van der Waals surface area contributed by atoms with Crippen molar-refractivity contribution in [3.8, 4) is 0 Å². The summed E-state index contributed by atoms with van der Waals surface area (Å²) in [6.07, 6.45) is 0.755. The minimum Gasteiger partial charge on any atom is -0.461 e. The molecular weight excluding hydrogens is 252 g/mol. The normalized spacial score (nSPS) is 23.0. The molecule has 0 amide bonds. The Kier molecular flexibility index (Phi) is 4.08. The highest BCUT2D eigenvalue weighted by atomic mass is 32.1. The van der Waals surface area contributed by atoms with E-state index in [0.717, 1.165) is 11.4 Å². The van der Waals surface area contributed by atoms with Crippen LogP contribution in [0, 0.1) is 5.92 Å². The summed E-state index contributed by atoms with van der Waals surface area (Å²) in [5.41, 5.74) is 0.352. The lowest BCUT2D eigenvalue weighted by Crippen LogP contribution is -2.16. The van der Waals surface area contributed by atoms with E-state index < -0.39 is 0 Å². The Morgan fingerprint density at radius 2 is 2.39 bits per heavy atom.